The summed E-state index contributed by atoms with van der Waals surface area (Å²) in [6.07, 6.45) is 8.89. The molecule has 1 saturated carbocycles. The third-order valence-corrected chi connectivity index (χ3v) is 7.75. The second-order valence-corrected chi connectivity index (χ2v) is 10.5. The van der Waals surface area contributed by atoms with Crippen LogP contribution in [0.5, 0.6) is 0 Å². The highest BCUT2D eigenvalue weighted by Crippen LogP contribution is 2.33. The molecule has 0 radical (unpaired) electrons. The number of benzene rings is 2. The molecule has 194 valence electrons. The maximum atomic E-state index is 13.2. The number of tetrazole rings is 1. The Balaban J connectivity index is 1.48. The molecule has 2 aromatic heterocycles. The van der Waals surface area contributed by atoms with Crippen LogP contribution in [0.4, 0.5) is 0 Å². The van der Waals surface area contributed by atoms with E-state index < -0.39 is 0 Å². The fourth-order valence-corrected chi connectivity index (χ4v) is 5.80. The van der Waals surface area contributed by atoms with Gasteiger partial charge in [0.1, 0.15) is 0 Å². The van der Waals surface area contributed by atoms with E-state index in [4.69, 9.17) is 0 Å². The predicted molar refractivity (Wildman–Crippen MR) is 147 cm³/mol. The molecule has 1 aliphatic rings. The first kappa shape index (κ1) is 25.3. The summed E-state index contributed by atoms with van der Waals surface area (Å²) in [5, 5.41) is 14.2. The van der Waals surface area contributed by atoms with Crippen molar-refractivity contribution in [3.05, 3.63) is 87.5 Å². The molecule has 1 N–H and O–H groups in total. The zero-order valence-electron chi connectivity index (χ0n) is 22.1. The number of nitrogens with one attached hydrogen (secondary N) is 1. The van der Waals surface area contributed by atoms with Crippen molar-refractivity contribution >= 4 is 10.9 Å². The van der Waals surface area contributed by atoms with Gasteiger partial charge < -0.3 is 4.98 Å². The maximum absolute atomic E-state index is 13.2. The van der Waals surface area contributed by atoms with Crippen molar-refractivity contribution < 1.29 is 0 Å². The first-order valence-corrected chi connectivity index (χ1v) is 13.8. The SMILES string of the molecule is CCC[C@@H](c1nnnn1CCc1ccccc1)N(Cc1cc2cc(C)ccc2[nH]c1=O)C1CCCCC1. The summed E-state index contributed by atoms with van der Waals surface area (Å²) in [5.74, 6) is 0.913. The van der Waals surface area contributed by atoms with Gasteiger partial charge in [0.15, 0.2) is 5.82 Å². The van der Waals surface area contributed by atoms with Crippen LogP contribution in [0.2, 0.25) is 0 Å². The van der Waals surface area contributed by atoms with Gasteiger partial charge >= 0.3 is 0 Å². The molecule has 1 fully saturated rings. The van der Waals surface area contributed by atoms with E-state index in [1.165, 1.54) is 30.4 Å². The van der Waals surface area contributed by atoms with Crippen LogP contribution in [0.3, 0.4) is 0 Å². The van der Waals surface area contributed by atoms with Gasteiger partial charge in [-0.25, -0.2) is 4.68 Å². The Kier molecular flexibility index (Phi) is 8.09. The van der Waals surface area contributed by atoms with Crippen LogP contribution < -0.4 is 5.56 Å². The molecule has 0 bridgehead atoms. The molecule has 0 spiro atoms. The van der Waals surface area contributed by atoms with Crippen LogP contribution in [0.1, 0.15) is 80.4 Å². The molecule has 0 amide bonds. The number of fused-ring (bicyclic) bond motifs is 1. The normalized spacial score (nSPS) is 15.4. The van der Waals surface area contributed by atoms with Crippen molar-refractivity contribution in [2.75, 3.05) is 0 Å². The highest BCUT2D eigenvalue weighted by Gasteiger charge is 2.32. The number of aryl methyl sites for hydroxylation is 3. The van der Waals surface area contributed by atoms with Crippen LogP contribution in [0.25, 0.3) is 10.9 Å². The molecule has 2 aromatic carbocycles. The summed E-state index contributed by atoms with van der Waals surface area (Å²) in [6, 6.07) is 19.2. The number of aromatic nitrogens is 5. The van der Waals surface area contributed by atoms with Gasteiger partial charge in [-0.05, 0) is 72.2 Å². The quantitative estimate of drug-likeness (QED) is 0.301. The van der Waals surface area contributed by atoms with Crippen molar-refractivity contribution in [2.45, 2.75) is 90.4 Å². The van der Waals surface area contributed by atoms with Crippen LogP contribution >= 0.6 is 0 Å². The largest absolute Gasteiger partial charge is 0.322 e. The van der Waals surface area contributed by atoms with E-state index in [2.05, 4.69) is 75.7 Å². The third-order valence-electron chi connectivity index (χ3n) is 7.75. The summed E-state index contributed by atoms with van der Waals surface area (Å²) >= 11 is 0. The summed E-state index contributed by atoms with van der Waals surface area (Å²) in [6.45, 7) is 5.64. The minimum atomic E-state index is -0.00363. The highest BCUT2D eigenvalue weighted by molar-refractivity contribution is 5.79. The lowest BCUT2D eigenvalue weighted by Crippen LogP contribution is -2.41. The van der Waals surface area contributed by atoms with Crippen molar-refractivity contribution in [1.29, 1.82) is 0 Å². The zero-order chi connectivity index (χ0) is 25.6. The van der Waals surface area contributed by atoms with Crippen molar-refractivity contribution in [2.24, 2.45) is 0 Å². The number of aromatic amines is 1. The van der Waals surface area contributed by atoms with E-state index in [0.717, 1.165) is 60.9 Å². The Hall–Kier alpha value is -3.32. The van der Waals surface area contributed by atoms with Crippen molar-refractivity contribution in [1.82, 2.24) is 30.1 Å². The summed E-state index contributed by atoms with van der Waals surface area (Å²) in [5.41, 5.74) is 4.16. The number of H-pyrrole nitrogens is 1. The smallest absolute Gasteiger partial charge is 0.252 e. The molecule has 0 aliphatic heterocycles. The molecule has 7 heteroatoms. The standard InChI is InChI=1S/C30H38N6O/c1-3-10-28(29-32-33-34-36(29)18-17-23-11-6-4-7-12-23)35(26-13-8-5-9-14-26)21-25-20-24-19-22(2)15-16-27(24)31-30(25)37/h4,6-7,11-12,15-16,19-20,26,28H,3,5,8-10,13-14,17-18,21H2,1-2H3,(H,31,37)/t28-/m0/s1. The zero-order valence-corrected chi connectivity index (χ0v) is 22.1. The minimum Gasteiger partial charge on any atom is -0.322 e. The number of pyridine rings is 1. The van der Waals surface area contributed by atoms with Crippen LogP contribution in [-0.4, -0.2) is 36.1 Å². The Labute approximate surface area is 218 Å². The fraction of sp³-hybridized carbons (Fsp3) is 0.467. The number of rotatable bonds is 10. The average Bonchev–Trinajstić information content (AvgIpc) is 3.39. The molecule has 2 heterocycles. The monoisotopic (exact) mass is 498 g/mol. The van der Waals surface area contributed by atoms with Crippen LogP contribution in [-0.2, 0) is 19.5 Å². The number of hydrogen-bond acceptors (Lipinski definition) is 5. The summed E-state index contributed by atoms with van der Waals surface area (Å²) in [4.78, 5) is 18.9. The van der Waals surface area contributed by atoms with E-state index in [-0.39, 0.29) is 11.6 Å². The van der Waals surface area contributed by atoms with Gasteiger partial charge in [-0.3, -0.25) is 9.69 Å². The van der Waals surface area contributed by atoms with Gasteiger partial charge in [-0.15, -0.1) is 5.10 Å². The molecule has 0 saturated heterocycles. The van der Waals surface area contributed by atoms with E-state index in [1.807, 2.05) is 22.9 Å². The highest BCUT2D eigenvalue weighted by atomic mass is 16.1. The van der Waals surface area contributed by atoms with E-state index in [9.17, 15) is 4.79 Å². The average molecular weight is 499 g/mol. The first-order valence-electron chi connectivity index (χ1n) is 13.8. The topological polar surface area (TPSA) is 79.7 Å². The summed E-state index contributed by atoms with van der Waals surface area (Å²) in [7, 11) is 0. The minimum absolute atomic E-state index is 0.00363. The lowest BCUT2D eigenvalue weighted by Gasteiger charge is -2.39. The van der Waals surface area contributed by atoms with Crippen LogP contribution in [0, 0.1) is 6.92 Å². The Morgan fingerprint density at radius 1 is 1.08 bits per heavy atom. The maximum Gasteiger partial charge on any atom is 0.252 e. The van der Waals surface area contributed by atoms with Crippen molar-refractivity contribution in [3.63, 3.8) is 0 Å². The molecule has 4 aromatic rings. The lowest BCUT2D eigenvalue weighted by molar-refractivity contribution is 0.0809. The van der Waals surface area contributed by atoms with Gasteiger partial charge in [0, 0.05) is 30.2 Å². The van der Waals surface area contributed by atoms with Gasteiger partial charge in [0.25, 0.3) is 5.56 Å². The van der Waals surface area contributed by atoms with Gasteiger partial charge in [-0.2, -0.15) is 0 Å². The van der Waals surface area contributed by atoms with Gasteiger partial charge in [0.2, 0.25) is 0 Å². The molecule has 0 unspecified atom stereocenters. The molecule has 37 heavy (non-hydrogen) atoms. The molecular weight excluding hydrogens is 460 g/mol. The van der Waals surface area contributed by atoms with E-state index >= 15 is 0 Å². The van der Waals surface area contributed by atoms with E-state index in [0.29, 0.717) is 12.6 Å². The third kappa shape index (κ3) is 5.99. The van der Waals surface area contributed by atoms with Gasteiger partial charge in [-0.1, -0.05) is 74.6 Å². The Morgan fingerprint density at radius 3 is 2.68 bits per heavy atom. The summed E-state index contributed by atoms with van der Waals surface area (Å²) < 4.78 is 1.98. The molecule has 7 nitrogen and oxygen atoms in total. The first-order chi connectivity index (χ1) is 18.1. The Bertz CT molecular complexity index is 1360. The van der Waals surface area contributed by atoms with Crippen molar-refractivity contribution in [3.8, 4) is 0 Å². The lowest BCUT2D eigenvalue weighted by atomic mass is 9.91. The molecule has 1 atom stereocenters. The molecule has 5 rings (SSSR count). The number of hydrogen-bond donors (Lipinski definition) is 1. The Morgan fingerprint density at radius 2 is 1.89 bits per heavy atom. The van der Waals surface area contributed by atoms with E-state index in [1.54, 1.807) is 0 Å². The van der Waals surface area contributed by atoms with Gasteiger partial charge in [0.05, 0.1) is 6.04 Å². The number of nitrogens with zero attached hydrogens (tertiary/aromatic N) is 5. The molecule has 1 aliphatic carbocycles. The molecular formula is C30H38N6O. The second-order valence-electron chi connectivity index (χ2n) is 10.5. The fourth-order valence-electron chi connectivity index (χ4n) is 5.80. The second kappa shape index (κ2) is 11.8. The van der Waals surface area contributed by atoms with Crippen LogP contribution in [0.15, 0.2) is 59.4 Å². The predicted octanol–water partition coefficient (Wildman–Crippen LogP) is 5.74.